The zero-order chi connectivity index (χ0) is 28.9. The number of halogens is 6. The molecule has 1 heterocycles. The molecular weight excluding hydrogens is 532 g/mol. The molecule has 0 saturated carbocycles. The van der Waals surface area contributed by atoms with E-state index in [9.17, 15) is 31.1 Å². The Kier molecular flexibility index (Phi) is 8.18. The maximum Gasteiger partial charge on any atom is 0.416 e. The summed E-state index contributed by atoms with van der Waals surface area (Å²) in [6.45, 7) is 1.74. The van der Waals surface area contributed by atoms with Crippen LogP contribution in [0.15, 0.2) is 103 Å². The second kappa shape index (κ2) is 11.6. The molecule has 4 rings (SSSR count). The third kappa shape index (κ3) is 7.02. The number of nitrogens with one attached hydrogen (secondary N) is 1. The van der Waals surface area contributed by atoms with Crippen molar-refractivity contribution in [2.45, 2.75) is 19.3 Å². The molecule has 4 nitrogen and oxygen atoms in total. The van der Waals surface area contributed by atoms with Gasteiger partial charge < -0.3 is 5.32 Å². The van der Waals surface area contributed by atoms with Gasteiger partial charge in [-0.05, 0) is 60.0 Å². The zero-order valence-corrected chi connectivity index (χ0v) is 20.9. The molecule has 0 aliphatic carbocycles. The highest BCUT2D eigenvalue weighted by Crippen LogP contribution is 2.34. The summed E-state index contributed by atoms with van der Waals surface area (Å²) in [6, 6.07) is 17.2. The van der Waals surface area contributed by atoms with Crippen molar-refractivity contribution in [1.29, 1.82) is 0 Å². The molecule has 0 bridgehead atoms. The minimum absolute atomic E-state index is 0.322. The summed E-state index contributed by atoms with van der Waals surface area (Å²) in [5.41, 5.74) is 1.00. The zero-order valence-electron chi connectivity index (χ0n) is 20.9. The fourth-order valence-corrected chi connectivity index (χ4v) is 3.86. The second-order valence-corrected chi connectivity index (χ2v) is 8.61. The third-order valence-corrected chi connectivity index (χ3v) is 5.79. The minimum Gasteiger partial charge on any atom is -0.322 e. The standard InChI is InChI=1S/C30H21F6N3O/c1-19-37-18-17-27(38-19)25-5-2-3-7-26(25)39-28(40)8-4-6-24(20-9-13-22(14-10-20)29(31,32)33)21-11-15-23(16-12-21)30(34,35)36/h2-18H,1H3,(H,39,40)/b8-4+. The average Bonchev–Trinajstić information content (AvgIpc) is 2.91. The first kappa shape index (κ1) is 28.3. The van der Waals surface area contributed by atoms with Crippen LogP contribution < -0.4 is 5.32 Å². The number of nitrogens with zero attached hydrogens (tertiary/aromatic N) is 2. The molecule has 40 heavy (non-hydrogen) atoms. The number of benzene rings is 3. The predicted octanol–water partition coefficient (Wildman–Crippen LogP) is 8.12. The maximum absolute atomic E-state index is 13.0. The van der Waals surface area contributed by atoms with E-state index in [1.807, 2.05) is 0 Å². The SMILES string of the molecule is Cc1nccc(-c2ccccc2NC(=O)/C=C/C=C(c2ccc(C(F)(F)F)cc2)c2ccc(C(F)(F)F)cc2)n1. The van der Waals surface area contributed by atoms with Crippen LogP contribution in [0.1, 0.15) is 28.1 Å². The molecule has 0 saturated heterocycles. The van der Waals surface area contributed by atoms with Gasteiger partial charge in [0.15, 0.2) is 0 Å². The molecule has 3 aromatic carbocycles. The van der Waals surface area contributed by atoms with Gasteiger partial charge in [-0.15, -0.1) is 0 Å². The highest BCUT2D eigenvalue weighted by Gasteiger charge is 2.31. The van der Waals surface area contributed by atoms with Gasteiger partial charge in [0.2, 0.25) is 5.91 Å². The van der Waals surface area contributed by atoms with E-state index in [1.54, 1.807) is 43.5 Å². The molecule has 1 amide bonds. The molecule has 204 valence electrons. The Hall–Kier alpha value is -4.73. The molecule has 0 radical (unpaired) electrons. The number of amides is 1. The van der Waals surface area contributed by atoms with Gasteiger partial charge in [-0.25, -0.2) is 9.97 Å². The Morgan fingerprint density at radius 1 is 0.775 bits per heavy atom. The summed E-state index contributed by atoms with van der Waals surface area (Å²) in [7, 11) is 0. The van der Waals surface area contributed by atoms with Crippen molar-refractivity contribution in [2.24, 2.45) is 0 Å². The molecule has 4 aromatic rings. The largest absolute Gasteiger partial charge is 0.416 e. The normalized spacial score (nSPS) is 11.9. The fraction of sp³-hybridized carbons (Fsp3) is 0.100. The first-order valence-corrected chi connectivity index (χ1v) is 11.9. The van der Waals surface area contributed by atoms with Crippen LogP contribution >= 0.6 is 0 Å². The molecule has 0 atom stereocenters. The van der Waals surface area contributed by atoms with Crippen LogP contribution in [-0.4, -0.2) is 15.9 Å². The Morgan fingerprint density at radius 3 is 1.85 bits per heavy atom. The van der Waals surface area contributed by atoms with Gasteiger partial charge in [-0.3, -0.25) is 4.79 Å². The minimum atomic E-state index is -4.55. The number of alkyl halides is 6. The van der Waals surface area contributed by atoms with E-state index in [4.69, 9.17) is 0 Å². The van der Waals surface area contributed by atoms with Gasteiger partial charge >= 0.3 is 12.4 Å². The maximum atomic E-state index is 13.0. The van der Waals surface area contributed by atoms with Crippen LogP contribution in [0.2, 0.25) is 0 Å². The summed E-state index contributed by atoms with van der Waals surface area (Å²) in [6.07, 6.45) is -3.46. The number of para-hydroxylation sites is 1. The molecular formula is C30H21F6N3O. The monoisotopic (exact) mass is 553 g/mol. The van der Waals surface area contributed by atoms with Crippen molar-refractivity contribution >= 4 is 17.2 Å². The summed E-state index contributed by atoms with van der Waals surface area (Å²) in [5.74, 6) is 0.0522. The fourth-order valence-electron chi connectivity index (χ4n) is 3.86. The average molecular weight is 554 g/mol. The Morgan fingerprint density at radius 2 is 1.32 bits per heavy atom. The number of allylic oxidation sites excluding steroid dienone is 2. The van der Waals surface area contributed by atoms with Gasteiger partial charge in [0.25, 0.3) is 0 Å². The lowest BCUT2D eigenvalue weighted by Crippen LogP contribution is -2.09. The van der Waals surface area contributed by atoms with Crippen molar-refractivity contribution in [1.82, 2.24) is 9.97 Å². The highest BCUT2D eigenvalue weighted by molar-refractivity contribution is 6.02. The van der Waals surface area contributed by atoms with E-state index in [2.05, 4.69) is 15.3 Å². The lowest BCUT2D eigenvalue weighted by molar-refractivity contribution is -0.138. The third-order valence-electron chi connectivity index (χ3n) is 5.79. The summed E-state index contributed by atoms with van der Waals surface area (Å²) < 4.78 is 78.3. The number of rotatable bonds is 6. The molecule has 0 aliphatic heterocycles. The van der Waals surface area contributed by atoms with E-state index in [1.165, 1.54) is 42.5 Å². The lowest BCUT2D eigenvalue weighted by atomic mass is 9.95. The van der Waals surface area contributed by atoms with Crippen molar-refractivity contribution in [2.75, 3.05) is 5.32 Å². The molecule has 10 heteroatoms. The summed E-state index contributed by atoms with van der Waals surface area (Å²) in [4.78, 5) is 21.2. The van der Waals surface area contributed by atoms with Crippen LogP contribution in [-0.2, 0) is 17.1 Å². The van der Waals surface area contributed by atoms with Crippen LogP contribution in [0.4, 0.5) is 32.0 Å². The predicted molar refractivity (Wildman–Crippen MR) is 140 cm³/mol. The first-order valence-electron chi connectivity index (χ1n) is 11.9. The number of carbonyl (C=O) groups excluding carboxylic acids is 1. The summed E-state index contributed by atoms with van der Waals surface area (Å²) in [5, 5.41) is 2.76. The molecule has 0 unspecified atom stereocenters. The van der Waals surface area contributed by atoms with Crippen molar-refractivity contribution in [3.8, 4) is 11.3 Å². The molecule has 1 aromatic heterocycles. The van der Waals surface area contributed by atoms with Crippen molar-refractivity contribution in [3.63, 3.8) is 0 Å². The van der Waals surface area contributed by atoms with Crippen LogP contribution in [0, 0.1) is 6.92 Å². The van der Waals surface area contributed by atoms with Crippen molar-refractivity contribution in [3.05, 3.63) is 131 Å². The van der Waals surface area contributed by atoms with Crippen LogP contribution in [0.3, 0.4) is 0 Å². The van der Waals surface area contributed by atoms with E-state index < -0.39 is 29.4 Å². The number of aromatic nitrogens is 2. The van der Waals surface area contributed by atoms with E-state index in [0.29, 0.717) is 39.5 Å². The van der Waals surface area contributed by atoms with Crippen molar-refractivity contribution < 1.29 is 31.1 Å². The quantitative estimate of drug-likeness (QED) is 0.149. The highest BCUT2D eigenvalue weighted by atomic mass is 19.4. The van der Waals surface area contributed by atoms with E-state index >= 15 is 0 Å². The number of anilines is 1. The van der Waals surface area contributed by atoms with E-state index in [0.717, 1.165) is 24.3 Å². The topological polar surface area (TPSA) is 54.9 Å². The Balaban J connectivity index is 1.63. The molecule has 0 spiro atoms. The van der Waals surface area contributed by atoms with Gasteiger partial charge in [0.1, 0.15) is 5.82 Å². The number of hydrogen-bond acceptors (Lipinski definition) is 3. The van der Waals surface area contributed by atoms with Gasteiger partial charge in [0.05, 0.1) is 22.5 Å². The molecule has 0 fully saturated rings. The van der Waals surface area contributed by atoms with Crippen LogP contribution in [0.25, 0.3) is 16.8 Å². The first-order chi connectivity index (χ1) is 18.9. The van der Waals surface area contributed by atoms with Gasteiger partial charge in [-0.2, -0.15) is 26.3 Å². The molecule has 0 aliphatic rings. The second-order valence-electron chi connectivity index (χ2n) is 8.61. The Bertz CT molecular complexity index is 1490. The smallest absolute Gasteiger partial charge is 0.322 e. The molecule has 1 N–H and O–H groups in total. The van der Waals surface area contributed by atoms with Crippen LogP contribution in [0.5, 0.6) is 0 Å². The number of hydrogen-bond donors (Lipinski definition) is 1. The Labute approximate surface area is 225 Å². The number of aryl methyl sites for hydroxylation is 1. The van der Waals surface area contributed by atoms with E-state index in [-0.39, 0.29) is 0 Å². The lowest BCUT2D eigenvalue weighted by Gasteiger charge is -2.12. The van der Waals surface area contributed by atoms with Gasteiger partial charge in [0, 0.05) is 17.8 Å². The number of carbonyl (C=O) groups is 1. The summed E-state index contributed by atoms with van der Waals surface area (Å²) >= 11 is 0. The van der Waals surface area contributed by atoms with Gasteiger partial charge in [-0.1, -0.05) is 54.6 Å².